The molecule has 0 bridgehead atoms. The summed E-state index contributed by atoms with van der Waals surface area (Å²) >= 11 is 0. The molecule has 0 aromatic heterocycles. The normalized spacial score (nSPS) is 12.5. The minimum atomic E-state index is 0.260. The van der Waals surface area contributed by atoms with E-state index in [9.17, 15) is 9.59 Å². The fourth-order valence-corrected chi connectivity index (χ4v) is 1.76. The number of Topliss-reactive ketones (excluding diaryl/α,β-unsaturated/α-hetero) is 1. The van der Waals surface area contributed by atoms with Crippen molar-refractivity contribution in [3.05, 3.63) is 0 Å². The maximum Gasteiger partial charge on any atom is 0.138 e. The predicted octanol–water partition coefficient (Wildman–Crippen LogP) is 2.87. The second-order valence-electron chi connectivity index (χ2n) is 5.36. The first-order chi connectivity index (χ1) is 12.1. The maximum atomic E-state index is 11.1. The lowest BCUT2D eigenvalue weighted by molar-refractivity contribution is -0.128. The van der Waals surface area contributed by atoms with Crippen LogP contribution in [0.5, 0.6) is 0 Å². The van der Waals surface area contributed by atoms with E-state index in [0.717, 1.165) is 19.1 Å². The molecule has 0 atom stereocenters. The number of carbonyl (C=O) groups excluding carboxylic acids is 2. The third-order valence-electron chi connectivity index (χ3n) is 3.26. The maximum absolute atomic E-state index is 11.1. The van der Waals surface area contributed by atoms with Crippen molar-refractivity contribution in [1.29, 1.82) is 0 Å². The minimum absolute atomic E-state index is 0.260. The molecule has 2 N–H and O–H groups in total. The van der Waals surface area contributed by atoms with Crippen LogP contribution >= 0.6 is 0 Å². The largest absolute Gasteiger partial charge is 0.382 e. The van der Waals surface area contributed by atoms with Gasteiger partial charge in [-0.3, -0.25) is 4.79 Å². The topological polar surface area (TPSA) is 87.9 Å². The van der Waals surface area contributed by atoms with Gasteiger partial charge >= 0.3 is 0 Å². The average molecular weight is 364 g/mol. The molecule has 0 heterocycles. The van der Waals surface area contributed by atoms with Crippen LogP contribution in [0, 0.1) is 11.8 Å². The van der Waals surface area contributed by atoms with Gasteiger partial charge in [-0.25, -0.2) is 0 Å². The van der Waals surface area contributed by atoms with Crippen molar-refractivity contribution in [1.82, 2.24) is 0 Å². The summed E-state index contributed by atoms with van der Waals surface area (Å²) < 4.78 is 14.9. The van der Waals surface area contributed by atoms with Gasteiger partial charge in [-0.1, -0.05) is 34.1 Å². The number of rotatable bonds is 11. The van der Waals surface area contributed by atoms with E-state index in [1.165, 1.54) is 13.5 Å². The molecule has 152 valence electrons. The lowest BCUT2D eigenvalue weighted by Crippen LogP contribution is -2.25. The number of methoxy groups -OCH3 is 1. The fraction of sp³-hybridized carbons (Fsp3) is 0.895. The van der Waals surface area contributed by atoms with Gasteiger partial charge in [0.05, 0.1) is 33.0 Å². The molecule has 0 aromatic carbocycles. The molecule has 1 aliphatic carbocycles. The van der Waals surface area contributed by atoms with E-state index >= 15 is 0 Å². The Bertz CT molecular complexity index is 269. The molecule has 1 saturated carbocycles. The molecule has 1 rings (SSSR count). The van der Waals surface area contributed by atoms with Crippen molar-refractivity contribution in [3.63, 3.8) is 0 Å². The standard InChI is InChI=1S/C8H16O4.C8H14O.C2H6.CH5N/c1-10-5-6-12-8-7-11-4-2-3-9;1-6(2)8(9)7-4-3-5-7;2*1-2/h3H,2,4-8H2,1H3;6-7H,3-5H2,1-2H3;1-2H3;2H2,1H3. The molecule has 0 saturated heterocycles. The van der Waals surface area contributed by atoms with Crippen molar-refractivity contribution >= 4 is 12.1 Å². The van der Waals surface area contributed by atoms with E-state index in [2.05, 4.69) is 5.73 Å². The lowest BCUT2D eigenvalue weighted by atomic mass is 9.79. The summed E-state index contributed by atoms with van der Waals surface area (Å²) in [6, 6.07) is 0. The second kappa shape index (κ2) is 25.4. The first-order valence-corrected chi connectivity index (χ1v) is 9.33. The Balaban J connectivity index is -0.000000329. The van der Waals surface area contributed by atoms with Gasteiger partial charge in [0.1, 0.15) is 12.1 Å². The highest BCUT2D eigenvalue weighted by Crippen LogP contribution is 2.29. The number of hydrogen-bond donors (Lipinski definition) is 1. The molecule has 0 radical (unpaired) electrons. The zero-order valence-corrected chi connectivity index (χ0v) is 17.2. The molecule has 0 amide bonds. The Labute approximate surface area is 154 Å². The number of ether oxygens (including phenoxy) is 3. The van der Waals surface area contributed by atoms with E-state index in [1.54, 1.807) is 7.11 Å². The van der Waals surface area contributed by atoms with E-state index in [-0.39, 0.29) is 5.92 Å². The highest BCUT2D eigenvalue weighted by molar-refractivity contribution is 5.83. The molecule has 0 aromatic rings. The monoisotopic (exact) mass is 363 g/mol. The Kier molecular flexibility index (Phi) is 29.4. The van der Waals surface area contributed by atoms with Crippen LogP contribution in [-0.4, -0.2) is 59.3 Å². The van der Waals surface area contributed by atoms with Gasteiger partial charge in [0.15, 0.2) is 0 Å². The quantitative estimate of drug-likeness (QED) is 0.448. The van der Waals surface area contributed by atoms with Crippen LogP contribution in [0.4, 0.5) is 0 Å². The molecule has 1 aliphatic rings. The summed E-state index contributed by atoms with van der Waals surface area (Å²) in [5.41, 5.74) is 4.50. The van der Waals surface area contributed by atoms with Crippen molar-refractivity contribution in [3.8, 4) is 0 Å². The Morgan fingerprint density at radius 3 is 1.84 bits per heavy atom. The predicted molar refractivity (Wildman–Crippen MR) is 103 cm³/mol. The van der Waals surface area contributed by atoms with Crippen LogP contribution in [0.2, 0.25) is 0 Å². The molecule has 0 aliphatic heterocycles. The van der Waals surface area contributed by atoms with Gasteiger partial charge < -0.3 is 24.7 Å². The summed E-state index contributed by atoms with van der Waals surface area (Å²) in [7, 11) is 3.13. The molecule has 0 unspecified atom stereocenters. The first kappa shape index (κ1) is 29.0. The van der Waals surface area contributed by atoms with Gasteiger partial charge in [0.2, 0.25) is 0 Å². The Morgan fingerprint density at radius 2 is 1.52 bits per heavy atom. The van der Waals surface area contributed by atoms with E-state index < -0.39 is 0 Å². The van der Waals surface area contributed by atoms with Crippen molar-refractivity contribution in [2.24, 2.45) is 17.6 Å². The SMILES string of the molecule is CC.CC(C)C(=O)C1CCC1.CN.COCCOCCOCCC=O. The summed E-state index contributed by atoms with van der Waals surface area (Å²) in [5.74, 6) is 1.17. The summed E-state index contributed by atoms with van der Waals surface area (Å²) in [4.78, 5) is 21.0. The van der Waals surface area contributed by atoms with Crippen LogP contribution < -0.4 is 5.73 Å². The summed E-state index contributed by atoms with van der Waals surface area (Å²) in [5, 5.41) is 0. The van der Waals surface area contributed by atoms with E-state index in [4.69, 9.17) is 14.2 Å². The average Bonchev–Trinajstić information content (AvgIpc) is 2.60. The lowest BCUT2D eigenvalue weighted by Gasteiger charge is -2.25. The minimum Gasteiger partial charge on any atom is -0.382 e. The number of aldehydes is 1. The summed E-state index contributed by atoms with van der Waals surface area (Å²) in [6.07, 6.45) is 4.86. The van der Waals surface area contributed by atoms with Crippen LogP contribution in [-0.2, 0) is 23.8 Å². The van der Waals surface area contributed by atoms with Gasteiger partial charge in [-0.2, -0.15) is 0 Å². The smallest absolute Gasteiger partial charge is 0.138 e. The molecule has 0 spiro atoms. The van der Waals surface area contributed by atoms with Crippen molar-refractivity contribution < 1.29 is 23.8 Å². The zero-order chi connectivity index (χ0) is 19.9. The number of hydrogen-bond acceptors (Lipinski definition) is 6. The van der Waals surface area contributed by atoms with Crippen LogP contribution in [0.25, 0.3) is 0 Å². The van der Waals surface area contributed by atoms with Crippen molar-refractivity contribution in [2.75, 3.05) is 47.2 Å². The van der Waals surface area contributed by atoms with Crippen LogP contribution in [0.3, 0.4) is 0 Å². The molecule has 25 heavy (non-hydrogen) atoms. The highest BCUT2D eigenvalue weighted by atomic mass is 16.5. The van der Waals surface area contributed by atoms with Crippen LogP contribution in [0.15, 0.2) is 0 Å². The van der Waals surface area contributed by atoms with Crippen molar-refractivity contribution in [2.45, 2.75) is 53.4 Å². The van der Waals surface area contributed by atoms with E-state index in [1.807, 2.05) is 27.7 Å². The van der Waals surface area contributed by atoms with Gasteiger partial charge in [0.25, 0.3) is 0 Å². The molecule has 6 heteroatoms. The van der Waals surface area contributed by atoms with Gasteiger partial charge in [0, 0.05) is 25.4 Å². The Hall–Kier alpha value is -0.820. The number of ketones is 1. The summed E-state index contributed by atoms with van der Waals surface area (Å²) in [6.45, 7) is 10.8. The van der Waals surface area contributed by atoms with Gasteiger partial charge in [-0.05, 0) is 19.9 Å². The number of carbonyl (C=O) groups is 2. The Morgan fingerprint density at radius 1 is 1.04 bits per heavy atom. The van der Waals surface area contributed by atoms with Crippen LogP contribution in [0.1, 0.15) is 53.4 Å². The molecule has 6 nitrogen and oxygen atoms in total. The fourth-order valence-electron chi connectivity index (χ4n) is 1.76. The van der Waals surface area contributed by atoms with E-state index in [0.29, 0.717) is 51.2 Å². The third-order valence-corrected chi connectivity index (χ3v) is 3.26. The first-order valence-electron chi connectivity index (χ1n) is 9.33. The zero-order valence-electron chi connectivity index (χ0n) is 17.2. The molecule has 1 fully saturated rings. The third kappa shape index (κ3) is 21.1. The second-order valence-corrected chi connectivity index (χ2v) is 5.36. The molecular weight excluding hydrogens is 322 g/mol. The van der Waals surface area contributed by atoms with Gasteiger partial charge in [-0.15, -0.1) is 0 Å². The highest BCUT2D eigenvalue weighted by Gasteiger charge is 2.26. The molecular formula is C19H41NO5. The number of nitrogens with two attached hydrogens (primary N) is 1.